The number of benzene rings is 1. The van der Waals surface area contributed by atoms with Gasteiger partial charge in [0, 0.05) is 23.9 Å². The number of fused-ring (bicyclic) bond motifs is 1. The first-order valence-corrected chi connectivity index (χ1v) is 17.9. The number of rotatable bonds is 12. The van der Waals surface area contributed by atoms with E-state index in [1.165, 1.54) is 18.2 Å². The average Bonchev–Trinajstić information content (AvgIpc) is 3.17. The number of aryl methyl sites for hydroxylation is 1. The minimum Gasteiger partial charge on any atom is -0.462 e. The van der Waals surface area contributed by atoms with Gasteiger partial charge >= 0.3 is 5.63 Å². The lowest BCUT2D eigenvalue weighted by Gasteiger charge is -2.48. The van der Waals surface area contributed by atoms with Gasteiger partial charge in [0.05, 0.1) is 32.5 Å². The van der Waals surface area contributed by atoms with Crippen LogP contribution in [-0.4, -0.2) is 204 Å². The fourth-order valence-electron chi connectivity index (χ4n) is 7.15. The number of aliphatic hydroxyl groups is 12. The molecule has 22 heteroatoms. The summed E-state index contributed by atoms with van der Waals surface area (Å²) in [4.78, 5) is 11.8. The van der Waals surface area contributed by atoms with E-state index >= 15 is 0 Å². The van der Waals surface area contributed by atoms with Crippen molar-refractivity contribution < 1.29 is 104 Å². The SMILES string of the molecule is Cc1cc(=O)oc2cc(O[C@@H]3O[C@H](CO)[C@@H](O[C@@H]4O[C@H](CO)[C@@H](O[C@H]5C[C@@H](O)[C@H](O[C@@H]6O[C@H](CO)[C@@H](O)[C@H](O)[C@H]6O)[C@@H](CO)O5)[C@H](O)[C@H]4O)[C@H](O)[C@H]3O)ccc12. The normalized spacial score (nSPS) is 43.5. The molecule has 5 heterocycles. The third-order valence-electron chi connectivity index (χ3n) is 10.2. The van der Waals surface area contributed by atoms with Crippen molar-refractivity contribution in [1.29, 1.82) is 0 Å². The Bertz CT molecular complexity index is 1640. The van der Waals surface area contributed by atoms with Gasteiger partial charge in [-0.3, -0.25) is 0 Å². The Morgan fingerprint density at radius 3 is 1.73 bits per heavy atom. The Morgan fingerprint density at radius 2 is 1.11 bits per heavy atom. The van der Waals surface area contributed by atoms with E-state index in [4.69, 9.17) is 42.3 Å². The van der Waals surface area contributed by atoms with Crippen LogP contribution in [0.25, 0.3) is 11.0 Å². The van der Waals surface area contributed by atoms with Crippen LogP contribution in [0.2, 0.25) is 0 Å². The molecule has 19 atom stereocenters. The molecule has 4 fully saturated rings. The first-order valence-electron chi connectivity index (χ1n) is 17.9. The maximum atomic E-state index is 11.8. The quantitative estimate of drug-likeness (QED) is 0.0888. The second-order valence-electron chi connectivity index (χ2n) is 14.0. The minimum atomic E-state index is -1.96. The standard InChI is InChI=1S/C34H48O22/c1-11-4-20(40)49-15-5-12(2-3-13(11)15)48-32-27(46)25(44)31(19(10-38)52-32)56-34-28(47)24(43)30(18(9-37)53-34)54-21-6-14(39)29(17(8-36)50-21)55-33-26(45)23(42)22(41)16(7-35)51-33/h2-5,14,16-19,21-39,41-47H,6-10H2,1H3/t14-,16-,17-,18-,19-,21+,22-,23+,24-,25-,26-,27-,28-,29+,30-,31-,32-,33+,34+/m1/s1. The van der Waals surface area contributed by atoms with Crippen LogP contribution in [0.1, 0.15) is 12.0 Å². The number of hydrogen-bond donors (Lipinski definition) is 12. The third kappa shape index (κ3) is 8.74. The van der Waals surface area contributed by atoms with Crippen LogP contribution >= 0.6 is 0 Å². The predicted molar refractivity (Wildman–Crippen MR) is 178 cm³/mol. The molecule has 0 unspecified atom stereocenters. The zero-order chi connectivity index (χ0) is 40.6. The summed E-state index contributed by atoms with van der Waals surface area (Å²) in [7, 11) is 0. The van der Waals surface area contributed by atoms with Gasteiger partial charge in [0.1, 0.15) is 96.8 Å². The van der Waals surface area contributed by atoms with E-state index in [0.717, 1.165) is 0 Å². The van der Waals surface area contributed by atoms with Crippen LogP contribution in [0.4, 0.5) is 0 Å². The van der Waals surface area contributed by atoms with Gasteiger partial charge in [0.15, 0.2) is 18.9 Å². The van der Waals surface area contributed by atoms with E-state index < -0.39 is 155 Å². The van der Waals surface area contributed by atoms with Gasteiger partial charge < -0.3 is 104 Å². The summed E-state index contributed by atoms with van der Waals surface area (Å²) in [5, 5.41) is 126. The van der Waals surface area contributed by atoms with Gasteiger partial charge in [-0.15, -0.1) is 0 Å². The van der Waals surface area contributed by atoms with Crippen molar-refractivity contribution in [2.75, 3.05) is 26.4 Å². The van der Waals surface area contributed by atoms with E-state index in [1.807, 2.05) is 0 Å². The van der Waals surface area contributed by atoms with E-state index in [-0.39, 0.29) is 11.3 Å². The van der Waals surface area contributed by atoms with Crippen molar-refractivity contribution in [2.45, 2.75) is 130 Å². The highest BCUT2D eigenvalue weighted by Gasteiger charge is 2.53. The molecule has 0 spiro atoms. The van der Waals surface area contributed by atoms with Gasteiger partial charge in [-0.1, -0.05) is 0 Å². The molecule has 0 amide bonds. The zero-order valence-electron chi connectivity index (χ0n) is 29.8. The summed E-state index contributed by atoms with van der Waals surface area (Å²) in [5.74, 6) is 0.0844. The van der Waals surface area contributed by atoms with Crippen molar-refractivity contribution in [3.63, 3.8) is 0 Å². The molecule has 4 aliphatic rings. The first-order chi connectivity index (χ1) is 26.7. The van der Waals surface area contributed by atoms with E-state index in [1.54, 1.807) is 13.0 Å². The first kappa shape index (κ1) is 43.1. The highest BCUT2D eigenvalue weighted by Crippen LogP contribution is 2.35. The van der Waals surface area contributed by atoms with Crippen LogP contribution in [0.5, 0.6) is 5.75 Å². The highest BCUT2D eigenvalue weighted by molar-refractivity contribution is 5.81. The second kappa shape index (κ2) is 18.2. The summed E-state index contributed by atoms with van der Waals surface area (Å²) in [6, 6.07) is 5.81. The van der Waals surface area contributed by atoms with E-state index in [0.29, 0.717) is 10.9 Å². The van der Waals surface area contributed by atoms with Gasteiger partial charge in [-0.05, 0) is 24.6 Å². The Hall–Kier alpha value is -2.53. The molecule has 6 rings (SSSR count). The minimum absolute atomic E-state index is 0.0844. The maximum absolute atomic E-state index is 11.8. The van der Waals surface area contributed by atoms with Crippen LogP contribution in [0.3, 0.4) is 0 Å². The van der Waals surface area contributed by atoms with Gasteiger partial charge in [-0.25, -0.2) is 4.79 Å². The van der Waals surface area contributed by atoms with Crippen LogP contribution in [-0.2, 0) is 33.2 Å². The monoisotopic (exact) mass is 808 g/mol. The van der Waals surface area contributed by atoms with Crippen LogP contribution in [0, 0.1) is 6.92 Å². The molecule has 0 radical (unpaired) electrons. The molecule has 0 saturated carbocycles. The van der Waals surface area contributed by atoms with Crippen molar-refractivity contribution in [2.24, 2.45) is 0 Å². The van der Waals surface area contributed by atoms with Crippen molar-refractivity contribution in [3.8, 4) is 5.75 Å². The Kier molecular flexibility index (Phi) is 14.0. The maximum Gasteiger partial charge on any atom is 0.336 e. The van der Waals surface area contributed by atoms with Gasteiger partial charge in [0.25, 0.3) is 0 Å². The molecule has 0 aliphatic carbocycles. The lowest BCUT2D eigenvalue weighted by Crippen LogP contribution is -2.66. The molecule has 4 aliphatic heterocycles. The van der Waals surface area contributed by atoms with Crippen molar-refractivity contribution in [1.82, 2.24) is 0 Å². The molecule has 316 valence electrons. The fourth-order valence-corrected chi connectivity index (χ4v) is 7.15. The fraction of sp³-hybridized carbons (Fsp3) is 0.735. The lowest BCUT2D eigenvalue weighted by molar-refractivity contribution is -0.375. The number of aliphatic hydroxyl groups excluding tert-OH is 12. The molecule has 0 bridgehead atoms. The summed E-state index contributed by atoms with van der Waals surface area (Å²) in [6.07, 6.45) is -31.3. The molecule has 4 saturated heterocycles. The van der Waals surface area contributed by atoms with Crippen LogP contribution in [0.15, 0.2) is 33.5 Å². The summed E-state index contributed by atoms with van der Waals surface area (Å²) < 4.78 is 50.5. The van der Waals surface area contributed by atoms with Gasteiger partial charge in [0.2, 0.25) is 6.29 Å². The second-order valence-corrected chi connectivity index (χ2v) is 14.0. The van der Waals surface area contributed by atoms with Crippen molar-refractivity contribution in [3.05, 3.63) is 40.2 Å². The lowest BCUT2D eigenvalue weighted by atomic mass is 9.96. The Labute approximate surface area is 317 Å². The molecule has 22 nitrogen and oxygen atoms in total. The van der Waals surface area contributed by atoms with Crippen LogP contribution < -0.4 is 10.4 Å². The summed E-state index contributed by atoms with van der Waals surface area (Å²) in [6.45, 7) is -1.45. The molecule has 56 heavy (non-hydrogen) atoms. The van der Waals surface area contributed by atoms with E-state index in [9.17, 15) is 66.1 Å². The zero-order valence-corrected chi connectivity index (χ0v) is 29.8. The van der Waals surface area contributed by atoms with Gasteiger partial charge in [-0.2, -0.15) is 0 Å². The molecular formula is C34H48O22. The van der Waals surface area contributed by atoms with Crippen molar-refractivity contribution >= 4 is 11.0 Å². The number of hydrogen-bond acceptors (Lipinski definition) is 22. The average molecular weight is 809 g/mol. The largest absolute Gasteiger partial charge is 0.462 e. The predicted octanol–water partition coefficient (Wildman–Crippen LogP) is -6.22. The smallest absolute Gasteiger partial charge is 0.336 e. The highest BCUT2D eigenvalue weighted by atomic mass is 16.8. The summed E-state index contributed by atoms with van der Waals surface area (Å²) in [5.41, 5.74) is 0.243. The Balaban J connectivity index is 1.07. The van der Waals surface area contributed by atoms with E-state index in [2.05, 4.69) is 0 Å². The number of ether oxygens (including phenoxy) is 8. The summed E-state index contributed by atoms with van der Waals surface area (Å²) >= 11 is 0. The molecule has 12 N–H and O–H groups in total. The third-order valence-corrected chi connectivity index (χ3v) is 10.2. The molecular weight excluding hydrogens is 760 g/mol. The topological polar surface area (TPSA) is 347 Å². The Morgan fingerprint density at radius 1 is 0.589 bits per heavy atom. The molecule has 1 aromatic carbocycles. The molecule has 2 aromatic rings. The molecule has 1 aromatic heterocycles.